The van der Waals surface area contributed by atoms with Crippen LogP contribution in [0.5, 0.6) is 0 Å². The molecule has 0 radical (unpaired) electrons. The lowest BCUT2D eigenvalue weighted by Crippen LogP contribution is -2.19. The Morgan fingerprint density at radius 2 is 2.05 bits per heavy atom. The summed E-state index contributed by atoms with van der Waals surface area (Å²) >= 11 is 5.65. The Morgan fingerprint density at radius 1 is 1.30 bits per heavy atom. The van der Waals surface area contributed by atoms with Gasteiger partial charge in [0.15, 0.2) is 0 Å². The van der Waals surface area contributed by atoms with Gasteiger partial charge in [-0.05, 0) is 55.0 Å². The Kier molecular flexibility index (Phi) is 6.92. The average Bonchev–Trinajstić information content (AvgIpc) is 2.90. The minimum absolute atomic E-state index is 0.705. The van der Waals surface area contributed by atoms with Crippen molar-refractivity contribution in [2.24, 2.45) is 11.8 Å². The maximum absolute atomic E-state index is 3.60. The van der Waals surface area contributed by atoms with Crippen molar-refractivity contribution < 1.29 is 0 Å². The fourth-order valence-corrected chi connectivity index (χ4v) is 4.34. The van der Waals surface area contributed by atoms with E-state index in [2.05, 4.69) is 65.1 Å². The third kappa shape index (κ3) is 5.42. The maximum atomic E-state index is 3.60. The van der Waals surface area contributed by atoms with Gasteiger partial charge in [-0.25, -0.2) is 0 Å². The normalized spacial score (nSPS) is 16.2. The molecule has 0 spiro atoms. The Hall–Kier alpha value is 0.01000. The van der Waals surface area contributed by atoms with Gasteiger partial charge >= 0.3 is 0 Å². The molecule has 1 aliphatic carbocycles. The summed E-state index contributed by atoms with van der Waals surface area (Å²) in [5.74, 6) is 2.94. The molecule has 1 saturated carbocycles. The monoisotopic (exact) mass is 355 g/mol. The highest BCUT2D eigenvalue weighted by atomic mass is 79.9. The first kappa shape index (κ1) is 16.4. The zero-order valence-electron chi connectivity index (χ0n) is 12.6. The Bertz CT molecular complexity index is 413. The summed E-state index contributed by atoms with van der Waals surface area (Å²) in [7, 11) is 0. The first-order valence-corrected chi connectivity index (χ1v) is 9.55. The largest absolute Gasteiger partial charge is 0.312 e. The van der Waals surface area contributed by atoms with E-state index >= 15 is 0 Å². The quantitative estimate of drug-likeness (QED) is 0.650. The molecule has 0 heterocycles. The molecule has 1 aromatic rings. The highest BCUT2D eigenvalue weighted by Crippen LogP contribution is 2.33. The molecule has 0 bridgehead atoms. The maximum Gasteiger partial charge on any atom is 0.0217 e. The summed E-state index contributed by atoms with van der Waals surface area (Å²) < 4.78 is 1.18. The van der Waals surface area contributed by atoms with Crippen LogP contribution in [0.25, 0.3) is 0 Å². The second kappa shape index (κ2) is 8.45. The van der Waals surface area contributed by atoms with Crippen molar-refractivity contribution in [2.45, 2.75) is 51.0 Å². The lowest BCUT2D eigenvalue weighted by Gasteiger charge is -2.14. The van der Waals surface area contributed by atoms with Crippen molar-refractivity contribution in [1.29, 1.82) is 0 Å². The van der Waals surface area contributed by atoms with Gasteiger partial charge in [0.25, 0.3) is 0 Å². The lowest BCUT2D eigenvalue weighted by molar-refractivity contribution is 0.550. The molecule has 112 valence electrons. The first-order chi connectivity index (χ1) is 9.65. The summed E-state index contributed by atoms with van der Waals surface area (Å²) in [4.78, 5) is 1.45. The van der Waals surface area contributed by atoms with Gasteiger partial charge in [0, 0.05) is 21.7 Å². The van der Waals surface area contributed by atoms with Gasteiger partial charge in [0.2, 0.25) is 0 Å². The van der Waals surface area contributed by atoms with E-state index in [1.807, 2.05) is 0 Å². The van der Waals surface area contributed by atoms with Crippen LogP contribution in [0.15, 0.2) is 27.6 Å². The Balaban J connectivity index is 1.91. The van der Waals surface area contributed by atoms with Crippen molar-refractivity contribution in [3.63, 3.8) is 0 Å². The van der Waals surface area contributed by atoms with Crippen molar-refractivity contribution >= 4 is 27.7 Å². The van der Waals surface area contributed by atoms with Gasteiger partial charge in [-0.15, -0.1) is 11.8 Å². The van der Waals surface area contributed by atoms with E-state index in [9.17, 15) is 0 Å². The van der Waals surface area contributed by atoms with Crippen LogP contribution >= 0.6 is 27.7 Å². The molecule has 1 N–H and O–H groups in total. The minimum atomic E-state index is 0.705. The van der Waals surface area contributed by atoms with Crippen molar-refractivity contribution in [1.82, 2.24) is 5.32 Å². The van der Waals surface area contributed by atoms with E-state index in [4.69, 9.17) is 0 Å². The smallest absolute Gasteiger partial charge is 0.0217 e. The molecular formula is C17H26BrNS. The van der Waals surface area contributed by atoms with Crippen LogP contribution in [0.1, 0.15) is 45.1 Å². The highest BCUT2D eigenvalue weighted by molar-refractivity contribution is 9.10. The predicted molar refractivity (Wildman–Crippen MR) is 93.4 cm³/mol. The molecule has 0 aromatic heterocycles. The molecular weight excluding hydrogens is 330 g/mol. The standard InChI is InChI=1S/C17H26BrNS/c1-13(2)10-19-11-15-9-16(18)7-8-17(15)20-12-14-5-3-4-6-14/h7-9,13-14,19H,3-6,10-12H2,1-2H3. The molecule has 0 aliphatic heterocycles. The van der Waals surface area contributed by atoms with Gasteiger partial charge in [0.1, 0.15) is 0 Å². The van der Waals surface area contributed by atoms with E-state index in [-0.39, 0.29) is 0 Å². The fourth-order valence-electron chi connectivity index (χ4n) is 2.71. The predicted octanol–water partition coefficient (Wildman–Crippen LogP) is 5.48. The molecule has 1 aliphatic rings. The van der Waals surface area contributed by atoms with E-state index < -0.39 is 0 Å². The number of hydrogen-bond acceptors (Lipinski definition) is 2. The summed E-state index contributed by atoms with van der Waals surface area (Å²) in [6.45, 7) is 6.57. The molecule has 1 fully saturated rings. The molecule has 0 amide bonds. The van der Waals surface area contributed by atoms with E-state index in [0.717, 1.165) is 19.0 Å². The highest BCUT2D eigenvalue weighted by Gasteiger charge is 2.15. The summed E-state index contributed by atoms with van der Waals surface area (Å²) in [6.07, 6.45) is 5.75. The van der Waals surface area contributed by atoms with Crippen molar-refractivity contribution in [2.75, 3.05) is 12.3 Å². The van der Waals surface area contributed by atoms with Gasteiger partial charge in [-0.1, -0.05) is 42.6 Å². The number of rotatable bonds is 7. The zero-order chi connectivity index (χ0) is 14.4. The topological polar surface area (TPSA) is 12.0 Å². The van der Waals surface area contributed by atoms with Crippen LogP contribution in [-0.2, 0) is 6.54 Å². The summed E-state index contributed by atoms with van der Waals surface area (Å²) in [5.41, 5.74) is 1.43. The fraction of sp³-hybridized carbons (Fsp3) is 0.647. The second-order valence-corrected chi connectivity index (χ2v) is 8.22. The van der Waals surface area contributed by atoms with Crippen LogP contribution < -0.4 is 5.32 Å². The number of benzene rings is 1. The van der Waals surface area contributed by atoms with E-state index in [0.29, 0.717) is 5.92 Å². The number of thioether (sulfide) groups is 1. The molecule has 0 saturated heterocycles. The van der Waals surface area contributed by atoms with E-state index in [1.165, 1.54) is 46.4 Å². The first-order valence-electron chi connectivity index (χ1n) is 7.77. The molecule has 20 heavy (non-hydrogen) atoms. The number of hydrogen-bond donors (Lipinski definition) is 1. The molecule has 1 aromatic carbocycles. The molecule has 2 rings (SSSR count). The average molecular weight is 356 g/mol. The Labute approximate surface area is 136 Å². The van der Waals surface area contributed by atoms with Gasteiger partial charge in [0.05, 0.1) is 0 Å². The van der Waals surface area contributed by atoms with Crippen LogP contribution in [0, 0.1) is 11.8 Å². The van der Waals surface area contributed by atoms with Crippen molar-refractivity contribution in [3.8, 4) is 0 Å². The third-order valence-corrected chi connectivity index (χ3v) is 5.68. The van der Waals surface area contributed by atoms with Crippen molar-refractivity contribution in [3.05, 3.63) is 28.2 Å². The molecule has 3 heteroatoms. The van der Waals surface area contributed by atoms with Gasteiger partial charge in [-0.3, -0.25) is 0 Å². The summed E-state index contributed by atoms with van der Waals surface area (Å²) in [5, 5.41) is 3.56. The molecule has 0 atom stereocenters. The van der Waals surface area contributed by atoms with Crippen LogP contribution in [-0.4, -0.2) is 12.3 Å². The van der Waals surface area contributed by atoms with Crippen LogP contribution in [0.4, 0.5) is 0 Å². The SMILES string of the molecule is CC(C)CNCc1cc(Br)ccc1SCC1CCCC1. The second-order valence-electron chi connectivity index (χ2n) is 6.24. The number of halogens is 1. The van der Waals surface area contributed by atoms with Crippen LogP contribution in [0.3, 0.4) is 0 Å². The molecule has 0 unspecified atom stereocenters. The Morgan fingerprint density at radius 3 is 2.75 bits per heavy atom. The van der Waals surface area contributed by atoms with Gasteiger partial charge in [-0.2, -0.15) is 0 Å². The third-order valence-electron chi connectivity index (χ3n) is 3.84. The van der Waals surface area contributed by atoms with Crippen LogP contribution in [0.2, 0.25) is 0 Å². The zero-order valence-corrected chi connectivity index (χ0v) is 15.0. The molecule has 1 nitrogen and oxygen atoms in total. The summed E-state index contributed by atoms with van der Waals surface area (Å²) in [6, 6.07) is 6.71. The van der Waals surface area contributed by atoms with E-state index in [1.54, 1.807) is 0 Å². The van der Waals surface area contributed by atoms with Gasteiger partial charge < -0.3 is 5.32 Å². The number of nitrogens with one attached hydrogen (secondary N) is 1. The minimum Gasteiger partial charge on any atom is -0.312 e. The lowest BCUT2D eigenvalue weighted by atomic mass is 10.1.